The first-order valence-electron chi connectivity index (χ1n) is 6.61. The molecule has 0 radical (unpaired) electrons. The number of nitrogens with zero attached hydrogens (tertiary/aromatic N) is 1. The lowest BCUT2D eigenvalue weighted by Crippen LogP contribution is -2.56. The molecule has 108 valence electrons. The summed E-state index contributed by atoms with van der Waals surface area (Å²) in [6.07, 6.45) is 0. The van der Waals surface area contributed by atoms with Gasteiger partial charge in [-0.1, -0.05) is 13.8 Å². The molecular weight excluding hydrogens is 268 g/mol. The summed E-state index contributed by atoms with van der Waals surface area (Å²) in [7, 11) is -2.98. The third-order valence-corrected chi connectivity index (χ3v) is 6.59. The molecular formula is C12H26N2O2S2. The first kappa shape index (κ1) is 16.3. The van der Waals surface area contributed by atoms with E-state index in [0.717, 1.165) is 25.4 Å². The van der Waals surface area contributed by atoms with Gasteiger partial charge in [-0.3, -0.25) is 4.90 Å². The van der Waals surface area contributed by atoms with Gasteiger partial charge in [0, 0.05) is 35.9 Å². The molecule has 1 saturated heterocycles. The van der Waals surface area contributed by atoms with Crippen molar-refractivity contribution in [2.45, 2.75) is 38.6 Å². The fraction of sp³-hybridized carbons (Fsp3) is 1.00. The van der Waals surface area contributed by atoms with Crippen LogP contribution in [0.3, 0.4) is 0 Å². The topological polar surface area (TPSA) is 49.4 Å². The monoisotopic (exact) mass is 294 g/mol. The summed E-state index contributed by atoms with van der Waals surface area (Å²) in [5.41, 5.74) is -0.0434. The highest BCUT2D eigenvalue weighted by atomic mass is 32.2. The Morgan fingerprint density at radius 2 is 2.06 bits per heavy atom. The van der Waals surface area contributed by atoms with Crippen molar-refractivity contribution in [2.75, 3.05) is 36.9 Å². The van der Waals surface area contributed by atoms with Crippen LogP contribution < -0.4 is 5.32 Å². The number of rotatable bonds is 6. The van der Waals surface area contributed by atoms with Gasteiger partial charge in [0.05, 0.1) is 0 Å². The molecule has 0 aromatic carbocycles. The Labute approximate surface area is 116 Å². The Kier molecular flexibility index (Phi) is 5.96. The van der Waals surface area contributed by atoms with Crippen LogP contribution in [0.5, 0.6) is 0 Å². The first-order valence-corrected chi connectivity index (χ1v) is 9.48. The van der Waals surface area contributed by atoms with E-state index >= 15 is 0 Å². The van der Waals surface area contributed by atoms with Gasteiger partial charge in [-0.15, -0.1) is 0 Å². The van der Waals surface area contributed by atoms with Crippen molar-refractivity contribution in [3.8, 4) is 0 Å². The molecule has 1 aliphatic heterocycles. The molecule has 1 atom stereocenters. The summed E-state index contributed by atoms with van der Waals surface area (Å²) in [6, 6.07) is 0. The quantitative estimate of drug-likeness (QED) is 0.797. The Morgan fingerprint density at radius 3 is 2.61 bits per heavy atom. The molecule has 0 spiro atoms. The van der Waals surface area contributed by atoms with Crippen LogP contribution in [-0.2, 0) is 9.84 Å². The second kappa shape index (κ2) is 6.59. The molecule has 18 heavy (non-hydrogen) atoms. The van der Waals surface area contributed by atoms with Crippen LogP contribution in [-0.4, -0.2) is 61.1 Å². The molecule has 4 nitrogen and oxygen atoms in total. The van der Waals surface area contributed by atoms with Gasteiger partial charge in [0.25, 0.3) is 0 Å². The zero-order chi connectivity index (χ0) is 13.8. The van der Waals surface area contributed by atoms with Crippen LogP contribution in [0.15, 0.2) is 0 Å². The predicted octanol–water partition coefficient (Wildman–Crippen LogP) is 1.18. The standard InChI is InChI=1S/C12H26N2O2S2/c1-5-13-12(3,4)10-14-7-8-17-9-11(14)18(15,16)6-2/h11,13H,5-10H2,1-4H3. The minimum Gasteiger partial charge on any atom is -0.311 e. The average molecular weight is 294 g/mol. The third-order valence-electron chi connectivity index (χ3n) is 3.26. The Bertz CT molecular complexity index is 355. The largest absolute Gasteiger partial charge is 0.311 e. The van der Waals surface area contributed by atoms with Gasteiger partial charge < -0.3 is 5.32 Å². The lowest BCUT2D eigenvalue weighted by atomic mass is 10.0. The van der Waals surface area contributed by atoms with E-state index in [2.05, 4.69) is 31.0 Å². The van der Waals surface area contributed by atoms with E-state index < -0.39 is 9.84 Å². The highest BCUT2D eigenvalue weighted by Crippen LogP contribution is 2.23. The van der Waals surface area contributed by atoms with E-state index in [1.165, 1.54) is 0 Å². The van der Waals surface area contributed by atoms with Gasteiger partial charge in [-0.2, -0.15) is 11.8 Å². The second-order valence-electron chi connectivity index (χ2n) is 5.37. The van der Waals surface area contributed by atoms with Crippen molar-refractivity contribution in [1.82, 2.24) is 10.2 Å². The van der Waals surface area contributed by atoms with Crippen LogP contribution in [0, 0.1) is 0 Å². The normalized spacial score (nSPS) is 23.2. The fourth-order valence-corrected chi connectivity index (χ4v) is 5.44. The van der Waals surface area contributed by atoms with Crippen molar-refractivity contribution >= 4 is 21.6 Å². The maximum absolute atomic E-state index is 12.1. The molecule has 1 aliphatic rings. The van der Waals surface area contributed by atoms with Crippen molar-refractivity contribution in [1.29, 1.82) is 0 Å². The second-order valence-corrected chi connectivity index (χ2v) is 8.96. The summed E-state index contributed by atoms with van der Waals surface area (Å²) in [6.45, 7) is 10.6. The van der Waals surface area contributed by atoms with Gasteiger partial charge in [-0.05, 0) is 20.4 Å². The Hall–Kier alpha value is 0.220. The predicted molar refractivity (Wildman–Crippen MR) is 79.9 cm³/mol. The fourth-order valence-electron chi connectivity index (χ4n) is 2.36. The molecule has 1 unspecified atom stereocenters. The van der Waals surface area contributed by atoms with Crippen LogP contribution in [0.2, 0.25) is 0 Å². The summed E-state index contributed by atoms with van der Waals surface area (Å²) >= 11 is 1.75. The molecule has 0 aromatic rings. The third kappa shape index (κ3) is 4.40. The van der Waals surface area contributed by atoms with E-state index in [-0.39, 0.29) is 16.7 Å². The minimum atomic E-state index is -2.98. The van der Waals surface area contributed by atoms with Gasteiger partial charge >= 0.3 is 0 Å². The zero-order valence-electron chi connectivity index (χ0n) is 11.9. The lowest BCUT2D eigenvalue weighted by Gasteiger charge is -2.40. The maximum atomic E-state index is 12.1. The molecule has 0 aliphatic carbocycles. The SMILES string of the molecule is CCNC(C)(C)CN1CCSCC1S(=O)(=O)CC. The van der Waals surface area contributed by atoms with Crippen molar-refractivity contribution in [3.05, 3.63) is 0 Å². The number of hydrogen-bond donors (Lipinski definition) is 1. The minimum absolute atomic E-state index is 0.0434. The highest BCUT2D eigenvalue weighted by molar-refractivity contribution is 8.01. The maximum Gasteiger partial charge on any atom is 0.166 e. The van der Waals surface area contributed by atoms with Gasteiger partial charge in [0.15, 0.2) is 9.84 Å². The van der Waals surface area contributed by atoms with Crippen molar-refractivity contribution < 1.29 is 8.42 Å². The van der Waals surface area contributed by atoms with Crippen molar-refractivity contribution in [2.24, 2.45) is 0 Å². The Morgan fingerprint density at radius 1 is 1.39 bits per heavy atom. The highest BCUT2D eigenvalue weighted by Gasteiger charge is 2.35. The smallest absolute Gasteiger partial charge is 0.166 e. The van der Waals surface area contributed by atoms with Crippen LogP contribution in [0.25, 0.3) is 0 Å². The number of likely N-dealkylation sites (N-methyl/N-ethyl adjacent to an activating group) is 1. The number of sulfone groups is 1. The molecule has 0 saturated carbocycles. The summed E-state index contributed by atoms with van der Waals surface area (Å²) < 4.78 is 24.3. The molecule has 0 amide bonds. The van der Waals surface area contributed by atoms with Gasteiger partial charge in [0.1, 0.15) is 5.37 Å². The molecule has 0 bridgehead atoms. The molecule has 1 rings (SSSR count). The zero-order valence-corrected chi connectivity index (χ0v) is 13.5. The lowest BCUT2D eigenvalue weighted by molar-refractivity contribution is 0.199. The average Bonchev–Trinajstić information content (AvgIpc) is 2.28. The van der Waals surface area contributed by atoms with E-state index in [4.69, 9.17) is 0 Å². The van der Waals surface area contributed by atoms with Crippen molar-refractivity contribution in [3.63, 3.8) is 0 Å². The molecule has 6 heteroatoms. The van der Waals surface area contributed by atoms with E-state index in [1.807, 2.05) is 0 Å². The summed E-state index contributed by atoms with van der Waals surface area (Å²) in [4.78, 5) is 2.14. The molecule has 0 aromatic heterocycles. The first-order chi connectivity index (χ1) is 8.32. The molecule has 1 fully saturated rings. The number of hydrogen-bond acceptors (Lipinski definition) is 5. The van der Waals surface area contributed by atoms with E-state index in [1.54, 1.807) is 18.7 Å². The van der Waals surface area contributed by atoms with Crippen LogP contribution in [0.1, 0.15) is 27.7 Å². The van der Waals surface area contributed by atoms with Gasteiger partial charge in [-0.25, -0.2) is 8.42 Å². The van der Waals surface area contributed by atoms with E-state index in [9.17, 15) is 8.42 Å². The Balaban J connectivity index is 2.78. The van der Waals surface area contributed by atoms with E-state index in [0.29, 0.717) is 5.75 Å². The molecule has 1 N–H and O–H groups in total. The van der Waals surface area contributed by atoms with Gasteiger partial charge in [0.2, 0.25) is 0 Å². The molecule has 1 heterocycles. The van der Waals surface area contributed by atoms with Crippen LogP contribution >= 0.6 is 11.8 Å². The number of nitrogens with one attached hydrogen (secondary N) is 1. The van der Waals surface area contributed by atoms with Crippen LogP contribution in [0.4, 0.5) is 0 Å². The number of thioether (sulfide) groups is 1. The summed E-state index contributed by atoms with van der Waals surface area (Å²) in [5, 5.41) is 3.11. The summed E-state index contributed by atoms with van der Waals surface area (Å²) in [5.74, 6) is 1.96.